The van der Waals surface area contributed by atoms with E-state index in [1.54, 1.807) is 24.3 Å². The van der Waals surface area contributed by atoms with E-state index in [0.717, 1.165) is 3.57 Å². The summed E-state index contributed by atoms with van der Waals surface area (Å²) in [4.78, 5) is 19.1. The Bertz CT molecular complexity index is 879. The summed E-state index contributed by atoms with van der Waals surface area (Å²) in [6, 6.07) is 10.1. The molecular weight excluding hydrogens is 438 g/mol. The molecule has 0 fully saturated rings. The number of fused-ring (bicyclic) bond motifs is 1. The predicted molar refractivity (Wildman–Crippen MR) is 88.2 cm³/mol. The van der Waals surface area contributed by atoms with E-state index in [2.05, 4.69) is 48.5 Å². The van der Waals surface area contributed by atoms with Gasteiger partial charge in [0.1, 0.15) is 11.6 Å². The van der Waals surface area contributed by atoms with Crippen LogP contribution >= 0.6 is 38.5 Å². The third-order valence-corrected chi connectivity index (χ3v) is 4.38. The van der Waals surface area contributed by atoms with Gasteiger partial charge in [0.2, 0.25) is 0 Å². The smallest absolute Gasteiger partial charge is 0.259 e. The third kappa shape index (κ3) is 2.37. The third-order valence-electron chi connectivity index (χ3n) is 2.88. The van der Waals surface area contributed by atoms with E-state index in [-0.39, 0.29) is 5.56 Å². The standard InChI is InChI=1S/C14H7BrFIN2O/c15-9-6-11(17)8(5-10(9)16)13-18-12-4-2-1-3-7(12)14(20)19-13/h1-6H,(H,18,19,20). The molecule has 0 amide bonds. The summed E-state index contributed by atoms with van der Waals surface area (Å²) in [5.74, 6) is -0.0271. The molecule has 0 atom stereocenters. The predicted octanol–water partition coefficient (Wildman–Crippen LogP) is 4.10. The number of aromatic amines is 1. The van der Waals surface area contributed by atoms with Crippen molar-refractivity contribution in [2.45, 2.75) is 0 Å². The van der Waals surface area contributed by atoms with Crippen molar-refractivity contribution in [3.63, 3.8) is 0 Å². The van der Waals surface area contributed by atoms with Gasteiger partial charge in [-0.2, -0.15) is 0 Å². The van der Waals surface area contributed by atoms with Crippen LogP contribution < -0.4 is 5.56 Å². The number of aromatic nitrogens is 2. The van der Waals surface area contributed by atoms with Crippen molar-refractivity contribution in [1.29, 1.82) is 0 Å². The van der Waals surface area contributed by atoms with Crippen LogP contribution in [0.4, 0.5) is 4.39 Å². The summed E-state index contributed by atoms with van der Waals surface area (Å²) in [6.07, 6.45) is 0. The molecule has 1 aromatic heterocycles. The molecule has 0 spiro atoms. The van der Waals surface area contributed by atoms with E-state index in [1.807, 2.05) is 6.07 Å². The molecule has 2 aromatic carbocycles. The zero-order valence-electron chi connectivity index (χ0n) is 9.95. The number of nitrogens with one attached hydrogen (secondary N) is 1. The van der Waals surface area contributed by atoms with E-state index in [4.69, 9.17) is 0 Å². The Morgan fingerprint density at radius 1 is 1.25 bits per heavy atom. The zero-order chi connectivity index (χ0) is 14.3. The lowest BCUT2D eigenvalue weighted by atomic mass is 10.2. The fraction of sp³-hybridized carbons (Fsp3) is 0. The normalized spacial score (nSPS) is 10.9. The average molecular weight is 445 g/mol. The molecule has 0 radical (unpaired) electrons. The van der Waals surface area contributed by atoms with Crippen LogP contribution in [0.15, 0.2) is 45.7 Å². The van der Waals surface area contributed by atoms with Crippen LogP contribution in [0.2, 0.25) is 0 Å². The first-order chi connectivity index (χ1) is 9.56. The number of hydrogen-bond acceptors (Lipinski definition) is 2. The Hall–Kier alpha value is -1.28. The number of nitrogens with zero attached hydrogens (tertiary/aromatic N) is 1. The Balaban J connectivity index is 2.30. The number of halogens is 3. The summed E-state index contributed by atoms with van der Waals surface area (Å²) in [7, 11) is 0. The lowest BCUT2D eigenvalue weighted by molar-refractivity contribution is 0.621. The van der Waals surface area contributed by atoms with Crippen LogP contribution in [0.1, 0.15) is 0 Å². The fourth-order valence-electron chi connectivity index (χ4n) is 1.92. The van der Waals surface area contributed by atoms with E-state index in [1.165, 1.54) is 6.07 Å². The van der Waals surface area contributed by atoms with Crippen LogP contribution in [0.25, 0.3) is 22.3 Å². The molecule has 3 aromatic rings. The van der Waals surface area contributed by atoms with Crippen molar-refractivity contribution in [3.8, 4) is 11.4 Å². The number of benzene rings is 2. The first-order valence-electron chi connectivity index (χ1n) is 5.70. The maximum Gasteiger partial charge on any atom is 0.259 e. The largest absolute Gasteiger partial charge is 0.306 e. The van der Waals surface area contributed by atoms with Gasteiger partial charge in [0.25, 0.3) is 5.56 Å². The lowest BCUT2D eigenvalue weighted by Gasteiger charge is -2.06. The van der Waals surface area contributed by atoms with Gasteiger partial charge in [-0.25, -0.2) is 9.37 Å². The first-order valence-corrected chi connectivity index (χ1v) is 7.57. The van der Waals surface area contributed by atoms with Gasteiger partial charge in [0.15, 0.2) is 0 Å². The van der Waals surface area contributed by atoms with E-state index in [9.17, 15) is 9.18 Å². The van der Waals surface area contributed by atoms with E-state index < -0.39 is 5.82 Å². The first kappa shape index (κ1) is 13.7. The SMILES string of the molecule is O=c1[nH]c(-c2cc(F)c(Br)cc2I)nc2ccccc12. The molecule has 0 unspecified atom stereocenters. The van der Waals surface area contributed by atoms with Gasteiger partial charge in [-0.05, 0) is 62.8 Å². The van der Waals surface area contributed by atoms with Crippen molar-refractivity contribution < 1.29 is 4.39 Å². The number of para-hydroxylation sites is 1. The maximum absolute atomic E-state index is 13.7. The molecule has 0 bridgehead atoms. The quantitative estimate of drug-likeness (QED) is 0.453. The molecule has 1 N–H and O–H groups in total. The summed E-state index contributed by atoms with van der Waals surface area (Å²) in [5.41, 5.74) is 0.921. The Labute approximate surface area is 135 Å². The van der Waals surface area contributed by atoms with Crippen molar-refractivity contribution in [2.24, 2.45) is 0 Å². The zero-order valence-corrected chi connectivity index (χ0v) is 13.7. The second-order valence-corrected chi connectivity index (χ2v) is 6.19. The minimum absolute atomic E-state index is 0.232. The van der Waals surface area contributed by atoms with Crippen molar-refractivity contribution in [2.75, 3.05) is 0 Å². The van der Waals surface area contributed by atoms with Crippen LogP contribution in [-0.4, -0.2) is 9.97 Å². The highest BCUT2D eigenvalue weighted by molar-refractivity contribution is 14.1. The molecular formula is C14H7BrFIN2O. The number of H-pyrrole nitrogens is 1. The Morgan fingerprint density at radius 3 is 2.80 bits per heavy atom. The summed E-state index contributed by atoms with van der Waals surface area (Å²) < 4.78 is 14.9. The maximum atomic E-state index is 13.7. The number of hydrogen-bond donors (Lipinski definition) is 1. The molecule has 0 saturated heterocycles. The molecule has 0 aliphatic heterocycles. The van der Waals surface area contributed by atoms with Crippen LogP contribution in [0, 0.1) is 9.39 Å². The summed E-state index contributed by atoms with van der Waals surface area (Å²) in [6.45, 7) is 0. The van der Waals surface area contributed by atoms with Crippen molar-refractivity contribution >= 4 is 49.4 Å². The minimum Gasteiger partial charge on any atom is -0.306 e. The van der Waals surface area contributed by atoms with Crippen LogP contribution in [0.5, 0.6) is 0 Å². The Morgan fingerprint density at radius 2 is 2.00 bits per heavy atom. The molecule has 3 rings (SSSR count). The number of rotatable bonds is 1. The molecule has 1 heterocycles. The molecule has 0 aliphatic rings. The Kier molecular flexibility index (Phi) is 3.59. The summed E-state index contributed by atoms with van der Waals surface area (Å²) >= 11 is 5.22. The molecule has 100 valence electrons. The van der Waals surface area contributed by atoms with Gasteiger partial charge in [-0.3, -0.25) is 4.79 Å². The van der Waals surface area contributed by atoms with Gasteiger partial charge in [-0.15, -0.1) is 0 Å². The fourth-order valence-corrected chi connectivity index (χ4v) is 3.41. The lowest BCUT2D eigenvalue weighted by Crippen LogP contribution is -2.10. The summed E-state index contributed by atoms with van der Waals surface area (Å²) in [5, 5.41) is 0.517. The monoisotopic (exact) mass is 444 g/mol. The molecule has 6 heteroatoms. The van der Waals surface area contributed by atoms with Gasteiger partial charge < -0.3 is 4.98 Å². The second-order valence-electron chi connectivity index (χ2n) is 4.18. The average Bonchev–Trinajstić information content (AvgIpc) is 2.43. The van der Waals surface area contributed by atoms with E-state index in [0.29, 0.717) is 26.8 Å². The van der Waals surface area contributed by atoms with Gasteiger partial charge in [-0.1, -0.05) is 12.1 Å². The van der Waals surface area contributed by atoms with Gasteiger partial charge in [0.05, 0.1) is 15.4 Å². The second kappa shape index (κ2) is 5.25. The molecule has 20 heavy (non-hydrogen) atoms. The topological polar surface area (TPSA) is 45.8 Å². The highest BCUT2D eigenvalue weighted by Gasteiger charge is 2.12. The van der Waals surface area contributed by atoms with Crippen LogP contribution in [-0.2, 0) is 0 Å². The van der Waals surface area contributed by atoms with E-state index >= 15 is 0 Å². The van der Waals surface area contributed by atoms with Crippen LogP contribution in [0.3, 0.4) is 0 Å². The van der Waals surface area contributed by atoms with Crippen molar-refractivity contribution in [1.82, 2.24) is 9.97 Å². The molecule has 0 aliphatic carbocycles. The highest BCUT2D eigenvalue weighted by atomic mass is 127. The highest BCUT2D eigenvalue weighted by Crippen LogP contribution is 2.28. The molecule has 0 saturated carbocycles. The minimum atomic E-state index is -0.392. The van der Waals surface area contributed by atoms with Gasteiger partial charge in [0, 0.05) is 9.13 Å². The van der Waals surface area contributed by atoms with Crippen molar-refractivity contribution in [3.05, 3.63) is 60.6 Å². The molecule has 3 nitrogen and oxygen atoms in total. The van der Waals surface area contributed by atoms with Gasteiger partial charge >= 0.3 is 0 Å².